The van der Waals surface area contributed by atoms with E-state index in [1.165, 1.54) is 6.20 Å². The highest BCUT2D eigenvalue weighted by Gasteiger charge is 2.15. The molecule has 3 aromatic rings. The van der Waals surface area contributed by atoms with Gasteiger partial charge in [0, 0.05) is 23.2 Å². The van der Waals surface area contributed by atoms with Gasteiger partial charge < -0.3 is 9.15 Å². The molecule has 0 spiro atoms. The molecule has 0 saturated carbocycles. The summed E-state index contributed by atoms with van der Waals surface area (Å²) in [4.78, 5) is 15.8. The Morgan fingerprint density at radius 2 is 2.10 bits per heavy atom. The number of methoxy groups -OCH3 is 1. The maximum atomic E-state index is 13.1. The van der Waals surface area contributed by atoms with Gasteiger partial charge in [-0.1, -0.05) is 0 Å². The van der Waals surface area contributed by atoms with Crippen LogP contribution in [0.5, 0.6) is 5.75 Å². The van der Waals surface area contributed by atoms with E-state index < -0.39 is 11.6 Å². The normalized spacial score (nSPS) is 10.7. The quantitative estimate of drug-likeness (QED) is 0.686. The predicted molar refractivity (Wildman–Crippen MR) is 70.4 cm³/mol. The van der Waals surface area contributed by atoms with Gasteiger partial charge in [0.1, 0.15) is 17.1 Å². The number of halogens is 1. The molecule has 0 N–H and O–H groups in total. The number of rotatable bonds is 3. The van der Waals surface area contributed by atoms with Crippen LogP contribution in [0.25, 0.3) is 11.0 Å². The minimum Gasteiger partial charge on any atom is -0.497 e. The van der Waals surface area contributed by atoms with Crippen LogP contribution in [0.15, 0.2) is 47.1 Å². The number of aromatic nitrogens is 1. The smallest absolute Gasteiger partial charge is 0.229 e. The molecule has 0 saturated heterocycles. The first kappa shape index (κ1) is 12.3. The van der Waals surface area contributed by atoms with Gasteiger partial charge >= 0.3 is 0 Å². The summed E-state index contributed by atoms with van der Waals surface area (Å²) >= 11 is 0. The Balaban J connectivity index is 2.03. The third-order valence-electron chi connectivity index (χ3n) is 2.92. The molecule has 0 fully saturated rings. The number of furan rings is 1. The summed E-state index contributed by atoms with van der Waals surface area (Å²) in [5, 5.41) is 0.776. The monoisotopic (exact) mass is 271 g/mol. The van der Waals surface area contributed by atoms with E-state index in [9.17, 15) is 9.18 Å². The lowest BCUT2D eigenvalue weighted by Gasteiger charge is -1.97. The van der Waals surface area contributed by atoms with Crippen molar-refractivity contribution in [1.82, 2.24) is 4.98 Å². The SMILES string of the molecule is COc1ccc2cc(C(=O)c3cncc(F)c3)oc2c1. The first-order valence-corrected chi connectivity index (χ1v) is 5.90. The number of carbonyl (C=O) groups excluding carboxylic acids is 1. The van der Waals surface area contributed by atoms with Crippen molar-refractivity contribution in [2.45, 2.75) is 0 Å². The molecule has 0 amide bonds. The number of ether oxygens (including phenoxy) is 1. The number of benzene rings is 1. The van der Waals surface area contributed by atoms with Crippen LogP contribution < -0.4 is 4.74 Å². The maximum Gasteiger partial charge on any atom is 0.229 e. The summed E-state index contributed by atoms with van der Waals surface area (Å²) in [6.07, 6.45) is 2.35. The zero-order valence-electron chi connectivity index (χ0n) is 10.6. The number of fused-ring (bicyclic) bond motifs is 1. The number of nitrogens with zero attached hydrogens (tertiary/aromatic N) is 1. The van der Waals surface area contributed by atoms with E-state index in [4.69, 9.17) is 9.15 Å². The minimum absolute atomic E-state index is 0.139. The first-order valence-electron chi connectivity index (χ1n) is 5.90. The van der Waals surface area contributed by atoms with Gasteiger partial charge in [0.05, 0.1) is 13.3 Å². The zero-order chi connectivity index (χ0) is 14.1. The molecule has 2 heterocycles. The standard InChI is InChI=1S/C15H10FNO3/c1-19-12-3-2-9-5-14(20-13(9)6-12)15(18)10-4-11(16)8-17-7-10/h2-8H,1H3. The largest absolute Gasteiger partial charge is 0.497 e. The molecule has 2 aromatic heterocycles. The average Bonchev–Trinajstić information content (AvgIpc) is 2.89. The summed E-state index contributed by atoms with van der Waals surface area (Å²) in [5.41, 5.74) is 0.688. The molecular formula is C15H10FNO3. The van der Waals surface area contributed by atoms with Crippen molar-refractivity contribution in [2.24, 2.45) is 0 Å². The van der Waals surface area contributed by atoms with Gasteiger partial charge in [0.15, 0.2) is 5.76 Å². The molecule has 0 aliphatic carbocycles. The van der Waals surface area contributed by atoms with Crippen LogP contribution in [0.2, 0.25) is 0 Å². The van der Waals surface area contributed by atoms with Crippen molar-refractivity contribution < 1.29 is 18.3 Å². The number of carbonyl (C=O) groups is 1. The Labute approximate surface area is 113 Å². The summed E-state index contributed by atoms with van der Waals surface area (Å²) in [6.45, 7) is 0. The average molecular weight is 271 g/mol. The topological polar surface area (TPSA) is 52.3 Å². The van der Waals surface area contributed by atoms with Gasteiger partial charge in [-0.05, 0) is 24.3 Å². The Morgan fingerprint density at radius 3 is 2.85 bits per heavy atom. The molecule has 0 aliphatic rings. The van der Waals surface area contributed by atoms with E-state index in [0.717, 1.165) is 17.6 Å². The third-order valence-corrected chi connectivity index (χ3v) is 2.92. The highest BCUT2D eigenvalue weighted by atomic mass is 19.1. The molecule has 3 rings (SSSR count). The zero-order valence-corrected chi connectivity index (χ0v) is 10.6. The van der Waals surface area contributed by atoms with Crippen molar-refractivity contribution in [2.75, 3.05) is 7.11 Å². The number of ketones is 1. The number of hydrogen-bond donors (Lipinski definition) is 0. The lowest BCUT2D eigenvalue weighted by atomic mass is 10.1. The van der Waals surface area contributed by atoms with Crippen LogP contribution in [-0.2, 0) is 0 Å². The van der Waals surface area contributed by atoms with Crippen LogP contribution in [0.4, 0.5) is 4.39 Å². The van der Waals surface area contributed by atoms with Gasteiger partial charge in [-0.2, -0.15) is 0 Å². The fourth-order valence-corrected chi connectivity index (χ4v) is 1.93. The predicted octanol–water partition coefficient (Wildman–Crippen LogP) is 3.21. The fourth-order valence-electron chi connectivity index (χ4n) is 1.93. The van der Waals surface area contributed by atoms with Crippen LogP contribution in [0, 0.1) is 5.82 Å². The second kappa shape index (κ2) is 4.77. The lowest BCUT2D eigenvalue weighted by Crippen LogP contribution is -2.00. The van der Waals surface area contributed by atoms with Gasteiger partial charge in [0.2, 0.25) is 5.78 Å². The lowest BCUT2D eigenvalue weighted by molar-refractivity contribution is 0.101. The van der Waals surface area contributed by atoms with Gasteiger partial charge in [0.25, 0.3) is 0 Å². The van der Waals surface area contributed by atoms with Gasteiger partial charge in [-0.15, -0.1) is 0 Å². The molecule has 0 atom stereocenters. The number of hydrogen-bond acceptors (Lipinski definition) is 4. The van der Waals surface area contributed by atoms with E-state index >= 15 is 0 Å². The summed E-state index contributed by atoms with van der Waals surface area (Å²) in [6, 6.07) is 8.00. The first-order chi connectivity index (χ1) is 9.67. The molecule has 0 radical (unpaired) electrons. The second-order valence-electron chi connectivity index (χ2n) is 4.24. The van der Waals surface area contributed by atoms with Crippen molar-refractivity contribution in [1.29, 1.82) is 0 Å². The molecule has 100 valence electrons. The van der Waals surface area contributed by atoms with Crippen molar-refractivity contribution in [3.8, 4) is 5.75 Å². The van der Waals surface area contributed by atoms with Crippen molar-refractivity contribution in [3.05, 3.63) is 59.9 Å². The third kappa shape index (κ3) is 2.14. The van der Waals surface area contributed by atoms with Crippen LogP contribution in [-0.4, -0.2) is 17.9 Å². The van der Waals surface area contributed by atoms with E-state index in [1.54, 1.807) is 31.4 Å². The Kier molecular flexibility index (Phi) is 2.95. The van der Waals surface area contributed by atoms with Gasteiger partial charge in [-0.25, -0.2) is 4.39 Å². The fraction of sp³-hybridized carbons (Fsp3) is 0.0667. The Bertz CT molecular complexity index is 795. The van der Waals surface area contributed by atoms with E-state index in [1.807, 2.05) is 0 Å². The van der Waals surface area contributed by atoms with Crippen LogP contribution in [0.1, 0.15) is 16.1 Å². The molecule has 0 aliphatic heterocycles. The van der Waals surface area contributed by atoms with Crippen molar-refractivity contribution in [3.63, 3.8) is 0 Å². The van der Waals surface area contributed by atoms with E-state index in [2.05, 4.69) is 4.98 Å². The molecular weight excluding hydrogens is 261 g/mol. The Hall–Kier alpha value is -2.69. The van der Waals surface area contributed by atoms with E-state index in [0.29, 0.717) is 11.3 Å². The molecule has 4 nitrogen and oxygen atoms in total. The summed E-state index contributed by atoms with van der Waals surface area (Å²) in [5.74, 6) is -0.195. The van der Waals surface area contributed by atoms with E-state index in [-0.39, 0.29) is 11.3 Å². The summed E-state index contributed by atoms with van der Waals surface area (Å²) in [7, 11) is 1.55. The highest BCUT2D eigenvalue weighted by Crippen LogP contribution is 2.25. The van der Waals surface area contributed by atoms with Gasteiger partial charge in [-0.3, -0.25) is 9.78 Å². The minimum atomic E-state index is -0.561. The maximum absolute atomic E-state index is 13.1. The molecule has 0 unspecified atom stereocenters. The highest BCUT2D eigenvalue weighted by molar-refractivity contribution is 6.08. The molecule has 1 aromatic carbocycles. The van der Waals surface area contributed by atoms with Crippen LogP contribution in [0.3, 0.4) is 0 Å². The van der Waals surface area contributed by atoms with Crippen molar-refractivity contribution >= 4 is 16.8 Å². The second-order valence-corrected chi connectivity index (χ2v) is 4.24. The molecule has 20 heavy (non-hydrogen) atoms. The number of pyridine rings is 1. The summed E-state index contributed by atoms with van der Waals surface area (Å²) < 4.78 is 23.7. The van der Waals surface area contributed by atoms with Crippen LogP contribution >= 0.6 is 0 Å². The molecule has 5 heteroatoms. The molecule has 0 bridgehead atoms. The Morgan fingerprint density at radius 1 is 1.25 bits per heavy atom.